The van der Waals surface area contributed by atoms with E-state index in [9.17, 15) is 0 Å². The van der Waals surface area contributed by atoms with Crippen LogP contribution in [0.15, 0.2) is 0 Å². The monoisotopic (exact) mass is 228 g/mol. The van der Waals surface area contributed by atoms with E-state index in [1.165, 1.54) is 25.7 Å². The molecule has 0 spiro atoms. The van der Waals surface area contributed by atoms with Crippen LogP contribution in [0.1, 0.15) is 52.4 Å². The lowest BCUT2D eigenvalue weighted by Gasteiger charge is -2.39. The maximum absolute atomic E-state index is 8.81. The smallest absolute Gasteiger partial charge is 0.0431 e. The van der Waals surface area contributed by atoms with Crippen molar-refractivity contribution in [1.82, 2.24) is 5.32 Å². The average Bonchev–Trinajstić information content (AvgIpc) is 2.21. The van der Waals surface area contributed by atoms with Gasteiger partial charge in [0.15, 0.2) is 0 Å². The van der Waals surface area contributed by atoms with Gasteiger partial charge in [0.25, 0.3) is 0 Å². The highest BCUT2D eigenvalue weighted by atomic mass is 16.2. The summed E-state index contributed by atoms with van der Waals surface area (Å²) in [7, 11) is 0. The molecule has 1 saturated carbocycles. The highest BCUT2D eigenvalue weighted by Gasteiger charge is 2.30. The topological polar surface area (TPSA) is 58.3 Å². The van der Waals surface area contributed by atoms with Gasteiger partial charge in [-0.1, -0.05) is 19.3 Å². The van der Waals surface area contributed by atoms with Gasteiger partial charge in [0.1, 0.15) is 0 Å². The van der Waals surface area contributed by atoms with E-state index in [1.807, 2.05) is 0 Å². The summed E-state index contributed by atoms with van der Waals surface area (Å²) < 4.78 is 0. The molecule has 0 bridgehead atoms. The number of hydrogen-bond acceptors (Lipinski definition) is 3. The van der Waals surface area contributed by atoms with Gasteiger partial charge in [-0.25, -0.2) is 0 Å². The second kappa shape index (κ2) is 6.58. The van der Waals surface area contributed by atoms with Crippen molar-refractivity contribution < 1.29 is 5.11 Å². The van der Waals surface area contributed by atoms with E-state index in [0.29, 0.717) is 12.6 Å². The highest BCUT2D eigenvalue weighted by molar-refractivity contribution is 4.90. The normalized spacial score (nSPS) is 22.5. The van der Waals surface area contributed by atoms with Crippen molar-refractivity contribution in [1.29, 1.82) is 0 Å². The second-order valence-electron chi connectivity index (χ2n) is 5.68. The molecule has 0 aliphatic heterocycles. The fourth-order valence-electron chi connectivity index (χ4n) is 2.60. The molecule has 2 atom stereocenters. The largest absolute Gasteiger partial charge is 0.396 e. The minimum absolute atomic E-state index is 0.0833. The predicted octanol–water partition coefficient (Wildman–Crippen LogP) is 1.64. The number of aliphatic hydroxyl groups is 1. The van der Waals surface area contributed by atoms with E-state index in [2.05, 4.69) is 19.2 Å². The Kier molecular flexibility index (Phi) is 5.73. The van der Waals surface area contributed by atoms with Gasteiger partial charge in [-0.15, -0.1) is 0 Å². The second-order valence-corrected chi connectivity index (χ2v) is 5.68. The molecule has 0 aromatic carbocycles. The quantitative estimate of drug-likeness (QED) is 0.592. The molecule has 1 rings (SSSR count). The standard InChI is InChI=1S/C13H28N2O/c1-11(5-4-8-16)15-13(2,10-14)9-12-6-3-7-12/h11-12,15-16H,3-10,14H2,1-2H3. The summed E-state index contributed by atoms with van der Waals surface area (Å²) in [6.45, 7) is 5.41. The van der Waals surface area contributed by atoms with Crippen LogP contribution in [-0.4, -0.2) is 29.8 Å². The number of hydrogen-bond donors (Lipinski definition) is 3. The van der Waals surface area contributed by atoms with Gasteiger partial charge in [0, 0.05) is 24.7 Å². The Bertz CT molecular complexity index is 194. The highest BCUT2D eigenvalue weighted by Crippen LogP contribution is 2.33. The Balaban J connectivity index is 2.32. The maximum Gasteiger partial charge on any atom is 0.0431 e. The van der Waals surface area contributed by atoms with Crippen LogP contribution >= 0.6 is 0 Å². The van der Waals surface area contributed by atoms with Crippen LogP contribution in [0.2, 0.25) is 0 Å². The van der Waals surface area contributed by atoms with Crippen LogP contribution < -0.4 is 11.1 Å². The van der Waals surface area contributed by atoms with Crippen LogP contribution in [0.3, 0.4) is 0 Å². The van der Waals surface area contributed by atoms with Crippen molar-refractivity contribution in [2.75, 3.05) is 13.2 Å². The zero-order valence-electron chi connectivity index (χ0n) is 10.8. The minimum atomic E-state index is 0.0833. The van der Waals surface area contributed by atoms with E-state index in [0.717, 1.165) is 18.8 Å². The lowest BCUT2D eigenvalue weighted by atomic mass is 9.76. The summed E-state index contributed by atoms with van der Waals surface area (Å²) in [6, 6.07) is 0.445. The van der Waals surface area contributed by atoms with Crippen LogP contribution in [0.25, 0.3) is 0 Å². The molecule has 0 saturated heterocycles. The van der Waals surface area contributed by atoms with Gasteiger partial charge in [-0.3, -0.25) is 0 Å². The summed E-state index contributed by atoms with van der Waals surface area (Å²) >= 11 is 0. The van der Waals surface area contributed by atoms with Crippen molar-refractivity contribution in [3.8, 4) is 0 Å². The third-order valence-electron chi connectivity index (χ3n) is 3.80. The molecule has 0 radical (unpaired) electrons. The van der Waals surface area contributed by atoms with Gasteiger partial charge in [0.05, 0.1) is 0 Å². The summed E-state index contributed by atoms with van der Waals surface area (Å²) in [5.74, 6) is 0.881. The van der Waals surface area contributed by atoms with Crippen LogP contribution in [0, 0.1) is 5.92 Å². The van der Waals surface area contributed by atoms with Crippen LogP contribution in [-0.2, 0) is 0 Å². The van der Waals surface area contributed by atoms with E-state index in [-0.39, 0.29) is 12.1 Å². The lowest BCUT2D eigenvalue weighted by Crippen LogP contribution is -2.53. The number of aliphatic hydroxyl groups excluding tert-OH is 1. The molecule has 0 amide bonds. The number of nitrogens with one attached hydrogen (secondary N) is 1. The zero-order valence-corrected chi connectivity index (χ0v) is 10.8. The van der Waals surface area contributed by atoms with Gasteiger partial charge in [0.2, 0.25) is 0 Å². The van der Waals surface area contributed by atoms with Gasteiger partial charge in [-0.2, -0.15) is 0 Å². The first-order chi connectivity index (χ1) is 7.59. The molecule has 0 aromatic heterocycles. The molecule has 1 aliphatic rings. The van der Waals surface area contributed by atoms with Crippen molar-refractivity contribution in [3.63, 3.8) is 0 Å². The zero-order chi connectivity index (χ0) is 12.0. The first kappa shape index (κ1) is 13.9. The Morgan fingerprint density at radius 1 is 1.50 bits per heavy atom. The Morgan fingerprint density at radius 3 is 2.62 bits per heavy atom. The molecule has 1 aliphatic carbocycles. The molecule has 3 heteroatoms. The number of rotatable bonds is 8. The maximum atomic E-state index is 8.81. The van der Waals surface area contributed by atoms with Gasteiger partial charge in [-0.05, 0) is 39.0 Å². The van der Waals surface area contributed by atoms with E-state index in [4.69, 9.17) is 10.8 Å². The predicted molar refractivity (Wildman–Crippen MR) is 68.3 cm³/mol. The Morgan fingerprint density at radius 2 is 2.19 bits per heavy atom. The summed E-state index contributed by atoms with van der Waals surface area (Å²) in [5.41, 5.74) is 5.98. The SMILES string of the molecule is CC(CCCO)NC(C)(CN)CC1CCC1. The molecule has 3 nitrogen and oxygen atoms in total. The lowest BCUT2D eigenvalue weighted by molar-refractivity contribution is 0.190. The first-order valence-corrected chi connectivity index (χ1v) is 6.68. The van der Waals surface area contributed by atoms with Crippen LogP contribution in [0.4, 0.5) is 0 Å². The first-order valence-electron chi connectivity index (χ1n) is 6.68. The third-order valence-corrected chi connectivity index (χ3v) is 3.80. The Hall–Kier alpha value is -0.120. The summed E-state index contributed by atoms with van der Waals surface area (Å²) in [4.78, 5) is 0. The number of nitrogens with two attached hydrogens (primary N) is 1. The van der Waals surface area contributed by atoms with Crippen molar-refractivity contribution in [2.45, 2.75) is 64.0 Å². The Labute approximate surface area is 99.8 Å². The molecule has 2 unspecified atom stereocenters. The van der Waals surface area contributed by atoms with Crippen molar-refractivity contribution >= 4 is 0 Å². The third kappa shape index (κ3) is 4.40. The van der Waals surface area contributed by atoms with E-state index >= 15 is 0 Å². The molecular weight excluding hydrogens is 200 g/mol. The summed E-state index contributed by atoms with van der Waals surface area (Å²) in [5, 5.41) is 12.5. The average molecular weight is 228 g/mol. The minimum Gasteiger partial charge on any atom is -0.396 e. The van der Waals surface area contributed by atoms with Gasteiger partial charge < -0.3 is 16.2 Å². The van der Waals surface area contributed by atoms with E-state index < -0.39 is 0 Å². The van der Waals surface area contributed by atoms with Gasteiger partial charge >= 0.3 is 0 Å². The molecule has 1 fully saturated rings. The molecule has 0 heterocycles. The molecule has 96 valence electrons. The molecule has 0 aromatic rings. The summed E-state index contributed by atoms with van der Waals surface area (Å²) in [6.07, 6.45) is 7.25. The fraction of sp³-hybridized carbons (Fsp3) is 1.00. The molecule has 4 N–H and O–H groups in total. The fourth-order valence-corrected chi connectivity index (χ4v) is 2.60. The molecule has 16 heavy (non-hydrogen) atoms. The molecular formula is C13H28N2O. The van der Waals surface area contributed by atoms with Crippen LogP contribution in [0.5, 0.6) is 0 Å². The van der Waals surface area contributed by atoms with E-state index in [1.54, 1.807) is 0 Å². The van der Waals surface area contributed by atoms with Crippen molar-refractivity contribution in [2.24, 2.45) is 11.7 Å². The van der Waals surface area contributed by atoms with Crippen molar-refractivity contribution in [3.05, 3.63) is 0 Å².